The van der Waals surface area contributed by atoms with E-state index < -0.39 is 0 Å². The molecule has 0 saturated carbocycles. The number of carbonyl (C=O) groups excluding carboxylic acids is 1. The van der Waals surface area contributed by atoms with Gasteiger partial charge in [-0.2, -0.15) is 0 Å². The Balaban J connectivity index is 1.21. The maximum absolute atomic E-state index is 12.5. The summed E-state index contributed by atoms with van der Waals surface area (Å²) < 4.78 is 8.02. The SMILES string of the molecule is CCn1c2ccccc2c2cc(C[NH+]3CCN(C(=O)COc4ccccc4)CC3)ccc21. The van der Waals surface area contributed by atoms with Gasteiger partial charge in [0.2, 0.25) is 0 Å². The van der Waals surface area contributed by atoms with Crippen molar-refractivity contribution >= 4 is 27.7 Å². The summed E-state index contributed by atoms with van der Waals surface area (Å²) in [5, 5.41) is 2.67. The van der Waals surface area contributed by atoms with Crippen LogP contribution in [0.1, 0.15) is 12.5 Å². The molecule has 164 valence electrons. The molecule has 0 radical (unpaired) electrons. The van der Waals surface area contributed by atoms with Gasteiger partial charge in [-0.3, -0.25) is 4.79 Å². The maximum Gasteiger partial charge on any atom is 0.260 e. The molecule has 5 nitrogen and oxygen atoms in total. The second-order valence-corrected chi connectivity index (χ2v) is 8.52. The number of rotatable bonds is 6. The molecule has 1 aromatic heterocycles. The molecule has 0 atom stereocenters. The van der Waals surface area contributed by atoms with Gasteiger partial charge in [0.1, 0.15) is 12.3 Å². The molecule has 0 aliphatic carbocycles. The summed E-state index contributed by atoms with van der Waals surface area (Å²) in [7, 11) is 0. The number of para-hydroxylation sites is 2. The zero-order valence-electron chi connectivity index (χ0n) is 18.6. The average Bonchev–Trinajstić information content (AvgIpc) is 3.16. The quantitative estimate of drug-likeness (QED) is 0.513. The predicted molar refractivity (Wildman–Crippen MR) is 128 cm³/mol. The van der Waals surface area contributed by atoms with Crippen LogP contribution in [0.5, 0.6) is 5.75 Å². The third-order valence-corrected chi connectivity index (χ3v) is 6.54. The summed E-state index contributed by atoms with van der Waals surface area (Å²) in [6.45, 7) is 7.76. The van der Waals surface area contributed by atoms with Crippen molar-refractivity contribution in [2.45, 2.75) is 20.0 Å². The molecule has 0 spiro atoms. The van der Waals surface area contributed by atoms with Crippen molar-refractivity contribution in [3.05, 3.63) is 78.4 Å². The van der Waals surface area contributed by atoms with Gasteiger partial charge in [0, 0.05) is 33.9 Å². The lowest BCUT2D eigenvalue weighted by atomic mass is 10.1. The van der Waals surface area contributed by atoms with Crippen molar-refractivity contribution in [1.82, 2.24) is 9.47 Å². The van der Waals surface area contributed by atoms with E-state index in [4.69, 9.17) is 4.74 Å². The first-order chi connectivity index (χ1) is 15.7. The van der Waals surface area contributed by atoms with Crippen LogP contribution in [0.25, 0.3) is 21.8 Å². The lowest BCUT2D eigenvalue weighted by Crippen LogP contribution is -3.13. The third-order valence-electron chi connectivity index (χ3n) is 6.54. The minimum atomic E-state index is 0.0710. The van der Waals surface area contributed by atoms with E-state index in [2.05, 4.69) is 54.0 Å². The number of amides is 1. The van der Waals surface area contributed by atoms with E-state index in [1.54, 1.807) is 0 Å². The lowest BCUT2D eigenvalue weighted by molar-refractivity contribution is -0.917. The molecule has 1 saturated heterocycles. The number of aryl methyl sites for hydroxylation is 1. The first-order valence-electron chi connectivity index (χ1n) is 11.5. The first-order valence-corrected chi connectivity index (χ1v) is 11.5. The Hall–Kier alpha value is -3.31. The summed E-state index contributed by atoms with van der Waals surface area (Å²) in [5.41, 5.74) is 3.97. The fourth-order valence-electron chi connectivity index (χ4n) is 4.84. The normalized spacial score (nSPS) is 14.8. The summed E-state index contributed by atoms with van der Waals surface area (Å²) in [6.07, 6.45) is 0. The van der Waals surface area contributed by atoms with Crippen LogP contribution < -0.4 is 9.64 Å². The zero-order chi connectivity index (χ0) is 21.9. The number of benzene rings is 3. The van der Waals surface area contributed by atoms with Crippen molar-refractivity contribution in [1.29, 1.82) is 0 Å². The number of carbonyl (C=O) groups is 1. The highest BCUT2D eigenvalue weighted by molar-refractivity contribution is 6.08. The molecule has 0 unspecified atom stereocenters. The van der Waals surface area contributed by atoms with Crippen LogP contribution in [0.4, 0.5) is 0 Å². The minimum absolute atomic E-state index is 0.0710. The van der Waals surface area contributed by atoms with Crippen molar-refractivity contribution in [2.75, 3.05) is 32.8 Å². The Bertz CT molecular complexity index is 1220. The van der Waals surface area contributed by atoms with Crippen LogP contribution in [-0.4, -0.2) is 48.2 Å². The van der Waals surface area contributed by atoms with Crippen LogP contribution in [0, 0.1) is 0 Å². The van der Waals surface area contributed by atoms with Gasteiger partial charge in [0.15, 0.2) is 6.61 Å². The summed E-state index contributed by atoms with van der Waals surface area (Å²) in [4.78, 5) is 16.0. The largest absolute Gasteiger partial charge is 0.484 e. The van der Waals surface area contributed by atoms with E-state index in [9.17, 15) is 4.79 Å². The topological polar surface area (TPSA) is 38.9 Å². The fourth-order valence-corrected chi connectivity index (χ4v) is 4.84. The Morgan fingerprint density at radius 2 is 1.62 bits per heavy atom. The zero-order valence-corrected chi connectivity index (χ0v) is 18.6. The molecular weight excluding hydrogens is 398 g/mol. The van der Waals surface area contributed by atoms with E-state index in [1.165, 1.54) is 32.3 Å². The molecule has 3 aromatic carbocycles. The van der Waals surface area contributed by atoms with Crippen LogP contribution >= 0.6 is 0 Å². The van der Waals surface area contributed by atoms with Crippen molar-refractivity contribution in [3.8, 4) is 5.75 Å². The maximum atomic E-state index is 12.5. The molecule has 5 heteroatoms. The molecule has 1 aliphatic heterocycles. The molecule has 32 heavy (non-hydrogen) atoms. The number of aromatic nitrogens is 1. The Kier molecular flexibility index (Phi) is 5.82. The van der Waals surface area contributed by atoms with E-state index in [0.717, 1.165) is 45.0 Å². The average molecular weight is 429 g/mol. The summed E-state index contributed by atoms with van der Waals surface area (Å²) >= 11 is 0. The van der Waals surface area contributed by atoms with Crippen LogP contribution in [0.2, 0.25) is 0 Å². The van der Waals surface area contributed by atoms with E-state index in [1.807, 2.05) is 35.2 Å². The number of nitrogens with zero attached hydrogens (tertiary/aromatic N) is 2. The standard InChI is InChI=1S/C27H29N3O2/c1-2-30-25-11-7-6-10-23(25)24-18-21(12-13-26(24)30)19-28-14-16-29(17-15-28)27(31)20-32-22-8-4-3-5-9-22/h3-13,18H,2,14-17,19-20H2,1H3/p+1. The summed E-state index contributed by atoms with van der Waals surface area (Å²) in [6, 6.07) is 25.1. The highest BCUT2D eigenvalue weighted by Gasteiger charge is 2.24. The van der Waals surface area contributed by atoms with Gasteiger partial charge in [-0.25, -0.2) is 0 Å². The molecule has 4 aromatic rings. The number of nitrogens with one attached hydrogen (secondary N) is 1. The smallest absolute Gasteiger partial charge is 0.260 e. The van der Waals surface area contributed by atoms with Gasteiger partial charge in [0.05, 0.1) is 26.2 Å². The Morgan fingerprint density at radius 3 is 2.41 bits per heavy atom. The highest BCUT2D eigenvalue weighted by atomic mass is 16.5. The summed E-state index contributed by atoms with van der Waals surface area (Å²) in [5.74, 6) is 0.812. The monoisotopic (exact) mass is 428 g/mol. The number of ether oxygens (including phenoxy) is 1. The molecule has 1 N–H and O–H groups in total. The number of fused-ring (bicyclic) bond motifs is 3. The third kappa shape index (κ3) is 4.08. The van der Waals surface area contributed by atoms with Gasteiger partial charge in [-0.1, -0.05) is 42.5 Å². The van der Waals surface area contributed by atoms with E-state index >= 15 is 0 Å². The van der Waals surface area contributed by atoms with Gasteiger partial charge in [-0.05, 0) is 37.3 Å². The fraction of sp³-hybridized carbons (Fsp3) is 0.296. The predicted octanol–water partition coefficient (Wildman–Crippen LogP) is 3.12. The van der Waals surface area contributed by atoms with Gasteiger partial charge in [-0.15, -0.1) is 0 Å². The molecule has 0 bridgehead atoms. The number of hydrogen-bond donors (Lipinski definition) is 1. The lowest BCUT2D eigenvalue weighted by Gasteiger charge is -2.32. The first kappa shape index (κ1) is 20.6. The second-order valence-electron chi connectivity index (χ2n) is 8.52. The highest BCUT2D eigenvalue weighted by Crippen LogP contribution is 2.29. The number of hydrogen-bond acceptors (Lipinski definition) is 2. The molecule has 2 heterocycles. The van der Waals surface area contributed by atoms with E-state index in [0.29, 0.717) is 0 Å². The van der Waals surface area contributed by atoms with Crippen molar-refractivity contribution in [3.63, 3.8) is 0 Å². The Labute approximate surface area is 188 Å². The molecule has 5 rings (SSSR count). The van der Waals surface area contributed by atoms with Crippen LogP contribution in [-0.2, 0) is 17.9 Å². The van der Waals surface area contributed by atoms with Crippen molar-refractivity contribution in [2.24, 2.45) is 0 Å². The number of quaternary nitrogens is 1. The molecule has 1 amide bonds. The molecular formula is C27H30N3O2+. The Morgan fingerprint density at radius 1 is 0.906 bits per heavy atom. The van der Waals surface area contributed by atoms with Gasteiger partial charge >= 0.3 is 0 Å². The van der Waals surface area contributed by atoms with Crippen LogP contribution in [0.15, 0.2) is 72.8 Å². The molecule has 1 fully saturated rings. The van der Waals surface area contributed by atoms with E-state index in [-0.39, 0.29) is 12.5 Å². The van der Waals surface area contributed by atoms with Gasteiger partial charge in [0.25, 0.3) is 5.91 Å². The number of piperazine rings is 1. The van der Waals surface area contributed by atoms with Crippen LogP contribution in [0.3, 0.4) is 0 Å². The molecule has 1 aliphatic rings. The minimum Gasteiger partial charge on any atom is -0.484 e. The van der Waals surface area contributed by atoms with Crippen molar-refractivity contribution < 1.29 is 14.4 Å². The second kappa shape index (κ2) is 9.05. The van der Waals surface area contributed by atoms with Gasteiger partial charge < -0.3 is 19.1 Å².